The molecule has 70 valence electrons. The maximum Gasteiger partial charge on any atom is 0.323 e. The fraction of sp³-hybridized carbons (Fsp3) is 0.889. The molecule has 0 aromatic rings. The Balaban J connectivity index is 2.53. The van der Waals surface area contributed by atoms with Crippen LogP contribution in [0.1, 0.15) is 33.6 Å². The summed E-state index contributed by atoms with van der Waals surface area (Å²) in [7, 11) is 0. The molecule has 0 radical (unpaired) electrons. The van der Waals surface area contributed by atoms with Crippen molar-refractivity contribution < 1.29 is 9.90 Å². The van der Waals surface area contributed by atoms with Gasteiger partial charge < -0.3 is 10.8 Å². The van der Waals surface area contributed by atoms with Crippen molar-refractivity contribution in [3.8, 4) is 0 Å². The number of nitrogens with two attached hydrogens (primary N) is 1. The summed E-state index contributed by atoms with van der Waals surface area (Å²) in [5, 5.41) is 8.75. The zero-order valence-corrected chi connectivity index (χ0v) is 7.92. The number of aliphatic carboxylic acids is 1. The lowest BCUT2D eigenvalue weighted by Gasteiger charge is -2.48. The van der Waals surface area contributed by atoms with Gasteiger partial charge in [-0.2, -0.15) is 0 Å². The first-order valence-electron chi connectivity index (χ1n) is 4.28. The maximum atomic E-state index is 10.7. The molecule has 3 nitrogen and oxygen atoms in total. The summed E-state index contributed by atoms with van der Waals surface area (Å²) in [6.07, 6.45) is 1.23. The smallest absolute Gasteiger partial charge is 0.323 e. The Bertz CT molecular complexity index is 199. The van der Waals surface area contributed by atoms with Crippen molar-refractivity contribution in [1.29, 1.82) is 0 Å². The molecule has 12 heavy (non-hydrogen) atoms. The van der Waals surface area contributed by atoms with E-state index in [0.717, 1.165) is 0 Å². The number of carboxylic acid groups (broad SMARTS) is 1. The minimum atomic E-state index is -0.933. The molecular formula is C9H17NO2. The van der Waals surface area contributed by atoms with Crippen LogP contribution in [0.3, 0.4) is 0 Å². The molecule has 0 atom stereocenters. The van der Waals surface area contributed by atoms with E-state index in [1.807, 2.05) is 0 Å². The summed E-state index contributed by atoms with van der Waals surface area (Å²) >= 11 is 0. The highest BCUT2D eigenvalue weighted by atomic mass is 16.4. The second-order valence-electron chi connectivity index (χ2n) is 4.93. The predicted molar refractivity (Wildman–Crippen MR) is 46.7 cm³/mol. The number of carbonyl (C=O) groups is 1. The van der Waals surface area contributed by atoms with Gasteiger partial charge in [-0.3, -0.25) is 4.79 Å². The average Bonchev–Trinajstić information content (AvgIpc) is 1.77. The second-order valence-corrected chi connectivity index (χ2v) is 4.93. The van der Waals surface area contributed by atoms with Crippen LogP contribution in [-0.4, -0.2) is 16.6 Å². The number of carboxylic acids is 1. The lowest BCUT2D eigenvalue weighted by Crippen LogP contribution is -2.60. The summed E-state index contributed by atoms with van der Waals surface area (Å²) in [6, 6.07) is 0. The highest BCUT2D eigenvalue weighted by molar-refractivity contribution is 5.79. The molecule has 0 unspecified atom stereocenters. The molecule has 1 saturated carbocycles. The van der Waals surface area contributed by atoms with Crippen molar-refractivity contribution in [2.45, 2.75) is 39.2 Å². The SMILES string of the molecule is CC(C)(C)C1CC(N)(C(=O)O)C1. The zero-order valence-electron chi connectivity index (χ0n) is 7.92. The molecule has 3 N–H and O–H groups in total. The lowest BCUT2D eigenvalue weighted by atomic mass is 9.59. The van der Waals surface area contributed by atoms with E-state index in [0.29, 0.717) is 18.8 Å². The summed E-state index contributed by atoms with van der Waals surface area (Å²) in [6.45, 7) is 6.37. The van der Waals surface area contributed by atoms with Gasteiger partial charge in [-0.25, -0.2) is 0 Å². The fourth-order valence-electron chi connectivity index (χ4n) is 1.61. The Kier molecular flexibility index (Phi) is 1.95. The van der Waals surface area contributed by atoms with Crippen molar-refractivity contribution in [2.24, 2.45) is 17.1 Å². The molecule has 0 aromatic carbocycles. The van der Waals surface area contributed by atoms with Crippen molar-refractivity contribution in [3.05, 3.63) is 0 Å². The molecule has 0 aliphatic heterocycles. The van der Waals surface area contributed by atoms with Gasteiger partial charge in [-0.05, 0) is 24.2 Å². The van der Waals surface area contributed by atoms with Gasteiger partial charge in [0.05, 0.1) is 0 Å². The zero-order chi connectivity index (χ0) is 9.57. The third kappa shape index (κ3) is 1.46. The van der Waals surface area contributed by atoms with Crippen LogP contribution in [0.2, 0.25) is 0 Å². The van der Waals surface area contributed by atoms with Crippen LogP contribution in [0, 0.1) is 11.3 Å². The van der Waals surface area contributed by atoms with Crippen LogP contribution >= 0.6 is 0 Å². The molecule has 0 heterocycles. The van der Waals surface area contributed by atoms with Gasteiger partial charge in [0.2, 0.25) is 0 Å². The normalized spacial score (nSPS) is 35.8. The summed E-state index contributed by atoms with van der Waals surface area (Å²) in [4.78, 5) is 10.7. The lowest BCUT2D eigenvalue weighted by molar-refractivity contribution is -0.150. The van der Waals surface area contributed by atoms with Crippen molar-refractivity contribution in [1.82, 2.24) is 0 Å². The molecule has 1 fully saturated rings. The third-order valence-corrected chi connectivity index (χ3v) is 2.87. The van der Waals surface area contributed by atoms with Gasteiger partial charge >= 0.3 is 5.97 Å². The van der Waals surface area contributed by atoms with E-state index in [9.17, 15) is 4.79 Å². The van der Waals surface area contributed by atoms with Crippen LogP contribution in [0.25, 0.3) is 0 Å². The van der Waals surface area contributed by atoms with E-state index in [2.05, 4.69) is 20.8 Å². The van der Waals surface area contributed by atoms with Crippen molar-refractivity contribution in [3.63, 3.8) is 0 Å². The Morgan fingerprint density at radius 3 is 2.17 bits per heavy atom. The standard InChI is InChI=1S/C9H17NO2/c1-8(2,3)6-4-9(10,5-6)7(11)12/h6H,4-5,10H2,1-3H3,(H,11,12). The van der Waals surface area contributed by atoms with Gasteiger partial charge in [-0.15, -0.1) is 0 Å². The third-order valence-electron chi connectivity index (χ3n) is 2.87. The average molecular weight is 171 g/mol. The largest absolute Gasteiger partial charge is 0.480 e. The molecule has 1 aliphatic rings. The summed E-state index contributed by atoms with van der Waals surface area (Å²) < 4.78 is 0. The molecule has 0 aromatic heterocycles. The highest BCUT2D eigenvalue weighted by Gasteiger charge is 2.50. The minimum Gasteiger partial charge on any atom is -0.480 e. The Hall–Kier alpha value is -0.570. The first-order chi connectivity index (χ1) is 5.26. The molecule has 0 bridgehead atoms. The van der Waals surface area contributed by atoms with Crippen LogP contribution < -0.4 is 5.73 Å². The number of hydrogen-bond donors (Lipinski definition) is 2. The van der Waals surface area contributed by atoms with Crippen LogP contribution in [-0.2, 0) is 4.79 Å². The molecule has 1 rings (SSSR count). The quantitative estimate of drug-likeness (QED) is 0.623. The van der Waals surface area contributed by atoms with E-state index < -0.39 is 11.5 Å². The first kappa shape index (κ1) is 9.52. The Labute approximate surface area is 72.9 Å². The van der Waals surface area contributed by atoms with Crippen molar-refractivity contribution >= 4 is 5.97 Å². The minimum absolute atomic E-state index is 0.193. The monoisotopic (exact) mass is 171 g/mol. The fourth-order valence-corrected chi connectivity index (χ4v) is 1.61. The number of hydrogen-bond acceptors (Lipinski definition) is 2. The number of rotatable bonds is 1. The van der Waals surface area contributed by atoms with E-state index in [1.54, 1.807) is 0 Å². The molecule has 0 saturated heterocycles. The molecule has 0 spiro atoms. The van der Waals surface area contributed by atoms with Crippen molar-refractivity contribution in [2.75, 3.05) is 0 Å². The van der Waals surface area contributed by atoms with Gasteiger partial charge in [0.15, 0.2) is 0 Å². The van der Waals surface area contributed by atoms with Crippen LogP contribution in [0.4, 0.5) is 0 Å². The second kappa shape index (κ2) is 2.46. The predicted octanol–water partition coefficient (Wildman–Crippen LogP) is 1.22. The maximum absolute atomic E-state index is 10.7. The summed E-state index contributed by atoms with van der Waals surface area (Å²) in [5.74, 6) is -0.401. The first-order valence-corrected chi connectivity index (χ1v) is 4.28. The molecule has 1 aliphatic carbocycles. The van der Waals surface area contributed by atoms with Gasteiger partial charge in [0.25, 0.3) is 0 Å². The van der Waals surface area contributed by atoms with E-state index in [-0.39, 0.29) is 5.41 Å². The molecule has 3 heteroatoms. The van der Waals surface area contributed by atoms with Gasteiger partial charge in [0, 0.05) is 0 Å². The van der Waals surface area contributed by atoms with Crippen LogP contribution in [0.15, 0.2) is 0 Å². The summed E-state index contributed by atoms with van der Waals surface area (Å²) in [5.41, 5.74) is 4.89. The highest BCUT2D eigenvalue weighted by Crippen LogP contribution is 2.46. The Morgan fingerprint density at radius 1 is 1.50 bits per heavy atom. The Morgan fingerprint density at radius 2 is 1.92 bits per heavy atom. The van der Waals surface area contributed by atoms with Gasteiger partial charge in [-0.1, -0.05) is 20.8 Å². The molecular weight excluding hydrogens is 154 g/mol. The van der Waals surface area contributed by atoms with E-state index in [4.69, 9.17) is 10.8 Å². The van der Waals surface area contributed by atoms with Gasteiger partial charge in [0.1, 0.15) is 5.54 Å². The van der Waals surface area contributed by atoms with E-state index in [1.165, 1.54) is 0 Å². The molecule has 0 amide bonds. The van der Waals surface area contributed by atoms with E-state index >= 15 is 0 Å². The van der Waals surface area contributed by atoms with Crippen LogP contribution in [0.5, 0.6) is 0 Å². The topological polar surface area (TPSA) is 63.3 Å².